The zero-order chi connectivity index (χ0) is 39.4. The van der Waals surface area contributed by atoms with Crippen LogP contribution in [0.25, 0.3) is 0 Å². The smallest absolute Gasteiger partial charge is 0.872 e. The fourth-order valence-electron chi connectivity index (χ4n) is 0.788. The second-order valence-electron chi connectivity index (χ2n) is 5.31. The Labute approximate surface area is 371 Å². The average molecular weight is 1000 g/mol. The Morgan fingerprint density at radius 3 is 0.315 bits per heavy atom. The van der Waals surface area contributed by atoms with Gasteiger partial charge in [-0.15, -0.1) is 0 Å². The average Bonchev–Trinajstić information content (AvgIpc) is 2.96. The predicted octanol–water partition coefficient (Wildman–Crippen LogP) is -26.3. The van der Waals surface area contributed by atoms with E-state index in [1.54, 1.807) is 0 Å². The van der Waals surface area contributed by atoms with E-state index in [9.17, 15) is 90.4 Å². The van der Waals surface area contributed by atoms with Crippen molar-refractivity contribution in [2.45, 2.75) is 0 Å². The van der Waals surface area contributed by atoms with Crippen LogP contribution in [0.15, 0.2) is 0 Å². The third kappa shape index (κ3) is 104. The van der Waals surface area contributed by atoms with Gasteiger partial charge in [0.05, 0.1) is 0 Å². The van der Waals surface area contributed by atoms with E-state index < -0.39 is 86.6 Å². The number of nitriles is 6. The van der Waals surface area contributed by atoms with Gasteiger partial charge in [-0.05, 0) is 0 Å². The standard InChI is InChI=1S/6CB2NO4.6Fe/c6*4-1-2(5)8-3(6)7;;;;;;/q6*-3;6*+3. The van der Waals surface area contributed by atoms with Gasteiger partial charge in [-0.25, -0.2) is 31.6 Å². The molecule has 0 unspecified atom stereocenters. The minimum atomic E-state index is -2.66. The van der Waals surface area contributed by atoms with Gasteiger partial charge in [-0.3, -0.25) is 0 Å². The third-order valence-corrected chi connectivity index (χ3v) is 2.04. The van der Waals surface area contributed by atoms with Gasteiger partial charge in [0.25, 0.3) is 42.7 Å². The number of nitrogens with zero attached hydrogens (tertiary/aromatic N) is 6. The van der Waals surface area contributed by atoms with E-state index in [2.05, 4.69) is 27.4 Å². The molecule has 0 aliphatic heterocycles. The van der Waals surface area contributed by atoms with Crippen LogP contribution in [0.5, 0.6) is 0 Å². The maximum Gasteiger partial charge on any atom is 3.00 e. The molecule has 0 aromatic rings. The minimum absolute atomic E-state index is 0. The summed E-state index contributed by atoms with van der Waals surface area (Å²) in [5.41, 5.74) is 0. The second kappa shape index (κ2) is 62.1. The van der Waals surface area contributed by atoms with Crippen LogP contribution in [0.3, 0.4) is 0 Å². The van der Waals surface area contributed by atoms with Crippen LogP contribution < -0.4 is 90.4 Å². The second-order valence-corrected chi connectivity index (χ2v) is 5.31. The monoisotopic (exact) mass is 1010 g/mol. The summed E-state index contributed by atoms with van der Waals surface area (Å²) in [5, 5.41) is 216. The van der Waals surface area contributed by atoms with Gasteiger partial charge in [0.15, 0.2) is 0 Å². The molecular weight excluding hydrogens is 1000 g/mol. The Bertz CT molecular complexity index is 821. The molecule has 0 heterocycles. The third-order valence-electron chi connectivity index (χ3n) is 2.04. The van der Waals surface area contributed by atoms with Gasteiger partial charge in [-0.2, -0.15) is 0 Å². The maximum absolute atomic E-state index is 9.72. The SMILES string of the molecule is N#CB([O-])OB([O-])[O-].N#CB([O-])OB([O-])[O-].N#CB([O-])OB([O-])[O-].N#CB([O-])OB([O-])[O-].N#CB([O-])OB([O-])[O-].N#CB([O-])OB([O-])[O-].[Fe+3].[Fe+3].[Fe+3].[Fe+3].[Fe+3].[Fe+3]. The minimum Gasteiger partial charge on any atom is -0.872 e. The van der Waals surface area contributed by atoms with Crippen molar-refractivity contribution in [3.05, 3.63) is 0 Å². The molecule has 282 valence electrons. The van der Waals surface area contributed by atoms with E-state index in [1.165, 1.54) is 0 Å². The van der Waals surface area contributed by atoms with Gasteiger partial charge in [0.2, 0.25) is 0 Å². The van der Waals surface area contributed by atoms with Crippen molar-refractivity contribution in [2.24, 2.45) is 0 Å². The van der Waals surface area contributed by atoms with Crippen LogP contribution in [0, 0.1) is 67.4 Å². The first-order chi connectivity index (χ1) is 22.0. The molecule has 0 N–H and O–H groups in total. The van der Waals surface area contributed by atoms with Crippen LogP contribution >= 0.6 is 0 Å². The van der Waals surface area contributed by atoms with Gasteiger partial charge in [-0.1, -0.05) is 0 Å². The Kier molecular flexibility index (Phi) is 98.8. The molecule has 0 atom stereocenters. The number of hydrogen-bond acceptors (Lipinski definition) is 30. The van der Waals surface area contributed by atoms with E-state index in [0.29, 0.717) is 0 Å². The molecule has 0 fully saturated rings. The summed E-state index contributed by atoms with van der Waals surface area (Å²) >= 11 is 0. The molecule has 0 amide bonds. The molecule has 6 radical (unpaired) electrons. The molecule has 0 saturated heterocycles. The fourth-order valence-corrected chi connectivity index (χ4v) is 0.788. The summed E-state index contributed by atoms with van der Waals surface area (Å²) in [6, 6.07) is 0. The molecule has 0 bridgehead atoms. The molecule has 0 spiro atoms. The molecule has 0 aromatic heterocycles. The zero-order valence-electron chi connectivity index (χ0n) is 24.5. The quantitative estimate of drug-likeness (QED) is 0.164. The van der Waals surface area contributed by atoms with Crippen molar-refractivity contribution in [1.29, 1.82) is 31.6 Å². The first-order valence-electron chi connectivity index (χ1n) is 10.1. The Hall–Kier alpha value is -0.124. The summed E-state index contributed by atoms with van der Waals surface area (Å²) in [5.74, 6) is 6.11. The summed E-state index contributed by atoms with van der Waals surface area (Å²) in [6.45, 7) is 0. The number of hydrogen-bond donors (Lipinski definition) is 0. The maximum atomic E-state index is 9.72. The first kappa shape index (κ1) is 85.9. The summed E-state index contributed by atoms with van der Waals surface area (Å²) in [4.78, 5) is 0. The molecule has 0 aliphatic carbocycles. The largest absolute Gasteiger partial charge is 3.00 e. The Morgan fingerprint density at radius 1 is 0.222 bits per heavy atom. The van der Waals surface area contributed by atoms with E-state index in [4.69, 9.17) is 31.6 Å². The van der Waals surface area contributed by atoms with Crippen molar-refractivity contribution in [3.8, 4) is 35.8 Å². The fraction of sp³-hybridized carbons (Fsp3) is 0. The van der Waals surface area contributed by atoms with E-state index in [0.717, 1.165) is 35.8 Å². The molecular formula is C6B12Fe6N6O24. The normalized spacial score (nSPS) is 6.89. The summed E-state index contributed by atoms with van der Waals surface area (Å²) < 4.78 is 20.2. The van der Waals surface area contributed by atoms with Crippen LogP contribution in [-0.2, 0) is 130 Å². The van der Waals surface area contributed by atoms with Gasteiger partial charge in [0, 0.05) is 79.7 Å². The summed E-state index contributed by atoms with van der Waals surface area (Å²) in [6.07, 6.45) is 0. The first-order valence-corrected chi connectivity index (χ1v) is 10.1. The van der Waals surface area contributed by atoms with Crippen LogP contribution in [0.2, 0.25) is 0 Å². The van der Waals surface area contributed by atoms with E-state index in [-0.39, 0.29) is 102 Å². The van der Waals surface area contributed by atoms with Crippen molar-refractivity contribution in [1.82, 2.24) is 0 Å². The zero-order valence-corrected chi connectivity index (χ0v) is 31.2. The van der Waals surface area contributed by atoms with Crippen LogP contribution in [-0.4, -0.2) is 86.6 Å². The van der Waals surface area contributed by atoms with Crippen molar-refractivity contribution in [3.63, 3.8) is 0 Å². The molecule has 0 rings (SSSR count). The Morgan fingerprint density at radius 2 is 0.296 bits per heavy atom. The van der Waals surface area contributed by atoms with Crippen molar-refractivity contribution >= 4 is 86.6 Å². The summed E-state index contributed by atoms with van der Waals surface area (Å²) in [7, 11) is -28.8. The number of rotatable bonds is 12. The van der Waals surface area contributed by atoms with Crippen molar-refractivity contribution in [2.75, 3.05) is 0 Å². The molecule has 48 heteroatoms. The molecule has 0 aromatic carbocycles. The van der Waals surface area contributed by atoms with Gasteiger partial charge < -0.3 is 118 Å². The van der Waals surface area contributed by atoms with Gasteiger partial charge >= 0.3 is 102 Å². The van der Waals surface area contributed by atoms with Crippen molar-refractivity contribution < 1.29 is 220 Å². The van der Waals surface area contributed by atoms with Crippen LogP contribution in [0.4, 0.5) is 0 Å². The van der Waals surface area contributed by atoms with E-state index in [1.807, 2.05) is 0 Å². The molecule has 54 heavy (non-hydrogen) atoms. The molecule has 30 nitrogen and oxygen atoms in total. The van der Waals surface area contributed by atoms with Gasteiger partial charge in [0.1, 0.15) is 0 Å². The van der Waals surface area contributed by atoms with Crippen LogP contribution in [0.1, 0.15) is 0 Å². The molecule has 0 saturated carbocycles. The molecule has 0 aliphatic rings. The Balaban J connectivity index is -0.0000000383. The predicted molar refractivity (Wildman–Crippen MR) is 109 cm³/mol. The van der Waals surface area contributed by atoms with E-state index >= 15 is 0 Å². The topological polar surface area (TPSA) is 613 Å².